The Morgan fingerprint density at radius 3 is 2.76 bits per heavy atom. The molecular weight excluding hydrogens is 307 g/mol. The highest BCUT2D eigenvalue weighted by molar-refractivity contribution is 6.31. The van der Waals surface area contributed by atoms with Crippen LogP contribution in [0.1, 0.15) is 31.1 Å². The number of nitrogens with zero attached hydrogens (tertiary/aromatic N) is 4. The number of halogens is 2. The van der Waals surface area contributed by atoms with E-state index in [1.807, 2.05) is 42.1 Å². The van der Waals surface area contributed by atoms with E-state index in [1.54, 1.807) is 6.20 Å². The molecule has 3 aromatic rings. The second-order valence-corrected chi connectivity index (χ2v) is 6.26. The predicted octanol–water partition coefficient (Wildman–Crippen LogP) is 4.45. The number of rotatable bonds is 4. The SMILES string of the molecule is CC(Cl)c1nc2ccc(Cl)cc2n1C(C)Cn1cccn1. The van der Waals surface area contributed by atoms with Crippen molar-refractivity contribution in [2.75, 3.05) is 0 Å². The second-order valence-electron chi connectivity index (χ2n) is 5.17. The largest absolute Gasteiger partial charge is 0.322 e. The van der Waals surface area contributed by atoms with Gasteiger partial charge in [0.15, 0.2) is 0 Å². The summed E-state index contributed by atoms with van der Waals surface area (Å²) in [5.74, 6) is 0.855. The highest BCUT2D eigenvalue weighted by Gasteiger charge is 2.19. The minimum atomic E-state index is -0.170. The summed E-state index contributed by atoms with van der Waals surface area (Å²) in [6.07, 6.45) is 3.73. The summed E-state index contributed by atoms with van der Waals surface area (Å²) in [5.41, 5.74) is 1.92. The molecule has 0 aliphatic carbocycles. The Kier molecular flexibility index (Phi) is 3.91. The number of alkyl halides is 1. The first-order chi connectivity index (χ1) is 10.1. The van der Waals surface area contributed by atoms with Crippen LogP contribution in [0.3, 0.4) is 0 Å². The number of imidazole rings is 1. The average Bonchev–Trinajstić information content (AvgIpc) is 3.04. The summed E-state index contributed by atoms with van der Waals surface area (Å²) in [5, 5.41) is 4.79. The Morgan fingerprint density at radius 1 is 1.29 bits per heavy atom. The molecule has 0 saturated heterocycles. The Balaban J connectivity index is 2.09. The molecule has 0 radical (unpaired) electrons. The van der Waals surface area contributed by atoms with Crippen LogP contribution in [0.15, 0.2) is 36.7 Å². The topological polar surface area (TPSA) is 35.6 Å². The van der Waals surface area contributed by atoms with Crippen LogP contribution in [0.2, 0.25) is 5.02 Å². The van der Waals surface area contributed by atoms with Gasteiger partial charge in [-0.25, -0.2) is 4.98 Å². The third kappa shape index (κ3) is 2.78. The van der Waals surface area contributed by atoms with E-state index in [9.17, 15) is 0 Å². The van der Waals surface area contributed by atoms with Crippen LogP contribution < -0.4 is 0 Å². The van der Waals surface area contributed by atoms with Gasteiger partial charge in [0.05, 0.1) is 29.0 Å². The molecule has 0 aliphatic rings. The molecule has 0 bridgehead atoms. The summed E-state index contributed by atoms with van der Waals surface area (Å²) in [6, 6.07) is 7.80. The maximum Gasteiger partial charge on any atom is 0.128 e. The molecule has 2 atom stereocenters. The van der Waals surface area contributed by atoms with Crippen molar-refractivity contribution in [1.29, 1.82) is 0 Å². The van der Waals surface area contributed by atoms with Gasteiger partial charge in [0, 0.05) is 17.4 Å². The van der Waals surface area contributed by atoms with E-state index in [1.165, 1.54) is 0 Å². The Bertz CT molecular complexity index is 746. The standard InChI is InChI=1S/C15H16Cl2N4/c1-10(9-20-7-3-6-18-20)21-14-8-12(17)4-5-13(14)19-15(21)11(2)16/h3-8,10-11H,9H2,1-2H3. The maximum atomic E-state index is 6.31. The molecule has 1 aromatic carbocycles. The van der Waals surface area contributed by atoms with E-state index in [4.69, 9.17) is 23.2 Å². The van der Waals surface area contributed by atoms with E-state index in [2.05, 4.69) is 21.6 Å². The van der Waals surface area contributed by atoms with E-state index in [0.717, 1.165) is 23.4 Å². The van der Waals surface area contributed by atoms with Gasteiger partial charge in [0.2, 0.25) is 0 Å². The second kappa shape index (κ2) is 5.70. The monoisotopic (exact) mass is 322 g/mol. The maximum absolute atomic E-state index is 6.31. The normalized spacial score (nSPS) is 14.5. The molecule has 2 heterocycles. The lowest BCUT2D eigenvalue weighted by atomic mass is 10.2. The zero-order valence-electron chi connectivity index (χ0n) is 11.9. The first kappa shape index (κ1) is 14.4. The number of fused-ring (bicyclic) bond motifs is 1. The summed E-state index contributed by atoms with van der Waals surface area (Å²) in [7, 11) is 0. The molecule has 4 nitrogen and oxygen atoms in total. The molecule has 0 fully saturated rings. The smallest absolute Gasteiger partial charge is 0.128 e. The molecule has 2 unspecified atom stereocenters. The van der Waals surface area contributed by atoms with Crippen molar-refractivity contribution < 1.29 is 0 Å². The van der Waals surface area contributed by atoms with Crippen LogP contribution in [0.4, 0.5) is 0 Å². The third-order valence-corrected chi connectivity index (χ3v) is 3.92. The van der Waals surface area contributed by atoms with Gasteiger partial charge in [0.1, 0.15) is 5.82 Å². The number of aromatic nitrogens is 4. The molecule has 0 spiro atoms. The van der Waals surface area contributed by atoms with Crippen LogP contribution in [-0.2, 0) is 6.54 Å². The van der Waals surface area contributed by atoms with E-state index in [0.29, 0.717) is 5.02 Å². The van der Waals surface area contributed by atoms with Gasteiger partial charge in [0.25, 0.3) is 0 Å². The molecular formula is C15H16Cl2N4. The molecule has 110 valence electrons. The Morgan fingerprint density at radius 2 is 2.10 bits per heavy atom. The molecule has 21 heavy (non-hydrogen) atoms. The number of hydrogen-bond acceptors (Lipinski definition) is 2. The van der Waals surface area contributed by atoms with Crippen molar-refractivity contribution in [2.45, 2.75) is 31.8 Å². The van der Waals surface area contributed by atoms with Crippen LogP contribution in [0.5, 0.6) is 0 Å². The molecule has 0 amide bonds. The van der Waals surface area contributed by atoms with Crippen LogP contribution >= 0.6 is 23.2 Å². The fourth-order valence-corrected chi connectivity index (χ4v) is 2.91. The number of hydrogen-bond donors (Lipinski definition) is 0. The lowest BCUT2D eigenvalue weighted by Crippen LogP contribution is -2.16. The van der Waals surface area contributed by atoms with Gasteiger partial charge in [-0.15, -0.1) is 11.6 Å². The van der Waals surface area contributed by atoms with Crippen molar-refractivity contribution in [3.8, 4) is 0 Å². The first-order valence-corrected chi connectivity index (χ1v) is 7.66. The summed E-state index contributed by atoms with van der Waals surface area (Å²) in [6.45, 7) is 4.82. The van der Waals surface area contributed by atoms with Crippen LogP contribution in [0, 0.1) is 0 Å². The Labute approximate surface area is 133 Å². The van der Waals surface area contributed by atoms with E-state index in [-0.39, 0.29) is 11.4 Å². The van der Waals surface area contributed by atoms with Gasteiger partial charge in [-0.05, 0) is 38.1 Å². The predicted molar refractivity (Wildman–Crippen MR) is 85.9 cm³/mol. The minimum absolute atomic E-state index is 0.170. The lowest BCUT2D eigenvalue weighted by Gasteiger charge is -2.18. The lowest BCUT2D eigenvalue weighted by molar-refractivity contribution is 0.434. The quantitative estimate of drug-likeness (QED) is 0.665. The molecule has 3 rings (SSSR count). The van der Waals surface area contributed by atoms with Crippen molar-refractivity contribution in [2.24, 2.45) is 0 Å². The highest BCUT2D eigenvalue weighted by atomic mass is 35.5. The summed E-state index contributed by atoms with van der Waals surface area (Å²) < 4.78 is 4.06. The fourth-order valence-electron chi connectivity index (χ4n) is 2.59. The van der Waals surface area contributed by atoms with Crippen molar-refractivity contribution >= 4 is 34.2 Å². The Hall–Kier alpha value is -1.52. The molecule has 0 N–H and O–H groups in total. The number of benzene rings is 1. The summed E-state index contributed by atoms with van der Waals surface area (Å²) >= 11 is 12.4. The highest BCUT2D eigenvalue weighted by Crippen LogP contribution is 2.30. The zero-order chi connectivity index (χ0) is 15.0. The fraction of sp³-hybridized carbons (Fsp3) is 0.333. The summed E-state index contributed by atoms with van der Waals surface area (Å²) in [4.78, 5) is 4.65. The molecule has 0 aliphatic heterocycles. The molecule has 2 aromatic heterocycles. The van der Waals surface area contributed by atoms with Gasteiger partial charge in [-0.2, -0.15) is 5.10 Å². The van der Waals surface area contributed by atoms with Crippen molar-refractivity contribution in [1.82, 2.24) is 19.3 Å². The third-order valence-electron chi connectivity index (χ3n) is 3.49. The van der Waals surface area contributed by atoms with E-state index >= 15 is 0 Å². The van der Waals surface area contributed by atoms with Gasteiger partial charge in [-0.1, -0.05) is 11.6 Å². The van der Waals surface area contributed by atoms with Crippen LogP contribution in [0.25, 0.3) is 11.0 Å². The zero-order valence-corrected chi connectivity index (χ0v) is 13.4. The molecule has 6 heteroatoms. The van der Waals surface area contributed by atoms with Gasteiger partial charge in [-0.3, -0.25) is 4.68 Å². The first-order valence-electron chi connectivity index (χ1n) is 6.85. The van der Waals surface area contributed by atoms with Crippen molar-refractivity contribution in [3.05, 3.63) is 47.5 Å². The van der Waals surface area contributed by atoms with Crippen LogP contribution in [-0.4, -0.2) is 19.3 Å². The average molecular weight is 323 g/mol. The van der Waals surface area contributed by atoms with Gasteiger partial charge >= 0.3 is 0 Å². The van der Waals surface area contributed by atoms with Crippen molar-refractivity contribution in [3.63, 3.8) is 0 Å². The van der Waals surface area contributed by atoms with Gasteiger partial charge < -0.3 is 4.57 Å². The molecule has 0 saturated carbocycles. The minimum Gasteiger partial charge on any atom is -0.322 e. The van der Waals surface area contributed by atoms with E-state index < -0.39 is 0 Å².